The minimum atomic E-state index is 0.869. The molecule has 0 aliphatic carbocycles. The first-order valence-corrected chi connectivity index (χ1v) is 17.0. The number of nitrogens with zero attached hydrogens (tertiary/aromatic N) is 1. The van der Waals surface area contributed by atoms with E-state index in [0.29, 0.717) is 0 Å². The van der Waals surface area contributed by atoms with E-state index in [1.165, 1.54) is 33.4 Å². The maximum absolute atomic E-state index is 6.37. The van der Waals surface area contributed by atoms with Gasteiger partial charge in [0, 0.05) is 33.9 Å². The summed E-state index contributed by atoms with van der Waals surface area (Å²) >= 11 is 0. The van der Waals surface area contributed by atoms with Crippen molar-refractivity contribution < 1.29 is 4.42 Å². The molecule has 0 N–H and O–H groups in total. The Hall–Kier alpha value is -6.64. The molecule has 9 rings (SSSR count). The molecule has 0 aliphatic rings. The molecule has 2 heteroatoms. The Bertz CT molecular complexity index is 2440. The van der Waals surface area contributed by atoms with Gasteiger partial charge in [-0.05, 0) is 87.0 Å². The van der Waals surface area contributed by atoms with Crippen molar-refractivity contribution in [3.05, 3.63) is 200 Å². The van der Waals surface area contributed by atoms with E-state index in [1.807, 2.05) is 12.1 Å². The van der Waals surface area contributed by atoms with Gasteiger partial charge in [-0.15, -0.1) is 0 Å². The number of fused-ring (bicyclic) bond motifs is 3. The molecule has 236 valence electrons. The number of hydrogen-bond donors (Lipinski definition) is 0. The van der Waals surface area contributed by atoms with Crippen LogP contribution in [0, 0.1) is 0 Å². The molecule has 0 radical (unpaired) electrons. The van der Waals surface area contributed by atoms with Crippen LogP contribution in [0.25, 0.3) is 66.4 Å². The van der Waals surface area contributed by atoms with Gasteiger partial charge in [0.25, 0.3) is 0 Å². The zero-order chi connectivity index (χ0) is 33.3. The molecule has 0 unspecified atom stereocenters. The van der Waals surface area contributed by atoms with Crippen LogP contribution in [0.1, 0.15) is 0 Å². The Morgan fingerprint density at radius 3 is 1.20 bits per heavy atom. The van der Waals surface area contributed by atoms with Crippen LogP contribution in [-0.2, 0) is 0 Å². The lowest BCUT2D eigenvalue weighted by Crippen LogP contribution is -2.10. The maximum Gasteiger partial charge on any atom is 0.137 e. The first-order valence-electron chi connectivity index (χ1n) is 17.0. The Morgan fingerprint density at radius 2 is 0.660 bits per heavy atom. The number of hydrogen-bond acceptors (Lipinski definition) is 2. The molecular weight excluding hydrogens is 607 g/mol. The Kier molecular flexibility index (Phi) is 7.53. The average Bonchev–Trinajstić information content (AvgIpc) is 3.57. The van der Waals surface area contributed by atoms with Crippen LogP contribution >= 0.6 is 0 Å². The molecule has 1 aromatic heterocycles. The average molecular weight is 640 g/mol. The van der Waals surface area contributed by atoms with Gasteiger partial charge in [-0.2, -0.15) is 0 Å². The minimum absolute atomic E-state index is 0.869. The third-order valence-electron chi connectivity index (χ3n) is 9.48. The zero-order valence-electron chi connectivity index (χ0n) is 27.4. The topological polar surface area (TPSA) is 16.4 Å². The molecule has 1 heterocycles. The highest BCUT2D eigenvalue weighted by Crippen LogP contribution is 2.41. The second kappa shape index (κ2) is 12.8. The molecule has 0 fully saturated rings. The summed E-state index contributed by atoms with van der Waals surface area (Å²) in [6.45, 7) is 0. The van der Waals surface area contributed by atoms with Crippen molar-refractivity contribution >= 4 is 39.0 Å². The van der Waals surface area contributed by atoms with Crippen molar-refractivity contribution in [3.63, 3.8) is 0 Å². The summed E-state index contributed by atoms with van der Waals surface area (Å²) in [6.07, 6.45) is 0. The second-order valence-corrected chi connectivity index (χ2v) is 12.6. The predicted octanol–water partition coefficient (Wildman–Crippen LogP) is 13.7. The van der Waals surface area contributed by atoms with E-state index in [0.717, 1.165) is 50.1 Å². The third-order valence-corrected chi connectivity index (χ3v) is 9.48. The van der Waals surface area contributed by atoms with E-state index in [-0.39, 0.29) is 0 Å². The molecule has 8 aromatic carbocycles. The summed E-state index contributed by atoms with van der Waals surface area (Å²) in [5, 5.41) is 2.24. The van der Waals surface area contributed by atoms with Crippen LogP contribution in [-0.4, -0.2) is 0 Å². The van der Waals surface area contributed by atoms with Crippen LogP contribution in [0.5, 0.6) is 0 Å². The van der Waals surface area contributed by atoms with Gasteiger partial charge in [-0.3, -0.25) is 0 Å². The highest BCUT2D eigenvalue weighted by molar-refractivity contribution is 6.06. The maximum atomic E-state index is 6.37. The summed E-state index contributed by atoms with van der Waals surface area (Å²) in [7, 11) is 0. The Labute approximate surface area is 292 Å². The molecule has 50 heavy (non-hydrogen) atoms. The lowest BCUT2D eigenvalue weighted by Gasteiger charge is -2.26. The highest BCUT2D eigenvalue weighted by atomic mass is 16.3. The Morgan fingerprint density at radius 1 is 0.260 bits per heavy atom. The van der Waals surface area contributed by atoms with E-state index in [4.69, 9.17) is 4.42 Å². The van der Waals surface area contributed by atoms with Crippen LogP contribution in [0.15, 0.2) is 205 Å². The van der Waals surface area contributed by atoms with Crippen LogP contribution < -0.4 is 4.90 Å². The Balaban J connectivity index is 1.13. The molecule has 2 nitrogen and oxygen atoms in total. The second-order valence-electron chi connectivity index (χ2n) is 12.6. The fourth-order valence-corrected chi connectivity index (χ4v) is 6.92. The molecule has 0 amide bonds. The third kappa shape index (κ3) is 5.63. The molecule has 0 spiro atoms. The van der Waals surface area contributed by atoms with E-state index in [9.17, 15) is 0 Å². The SMILES string of the molecule is c1ccc(-c2ccc(-c3cccc(N(c4cccc(-c5ccc(-c6ccccc6)cc5)c4)c4ccc5c(c4)oc4ccccc45)c3)cc2)cc1. The summed E-state index contributed by atoms with van der Waals surface area (Å²) in [6, 6.07) is 71.1. The van der Waals surface area contributed by atoms with Gasteiger partial charge in [0.2, 0.25) is 0 Å². The molecule has 0 saturated carbocycles. The highest BCUT2D eigenvalue weighted by Gasteiger charge is 2.17. The number of rotatable bonds is 7. The van der Waals surface area contributed by atoms with E-state index < -0.39 is 0 Å². The van der Waals surface area contributed by atoms with Gasteiger partial charge in [-0.25, -0.2) is 0 Å². The monoisotopic (exact) mass is 639 g/mol. The summed E-state index contributed by atoms with van der Waals surface area (Å²) in [5.41, 5.74) is 14.5. The zero-order valence-corrected chi connectivity index (χ0v) is 27.4. The van der Waals surface area contributed by atoms with Crippen LogP contribution in [0.3, 0.4) is 0 Å². The number of furan rings is 1. The smallest absolute Gasteiger partial charge is 0.137 e. The van der Waals surface area contributed by atoms with Crippen molar-refractivity contribution in [1.29, 1.82) is 0 Å². The van der Waals surface area contributed by atoms with Crippen molar-refractivity contribution in [2.45, 2.75) is 0 Å². The van der Waals surface area contributed by atoms with Crippen molar-refractivity contribution in [1.82, 2.24) is 0 Å². The van der Waals surface area contributed by atoms with Crippen LogP contribution in [0.2, 0.25) is 0 Å². The predicted molar refractivity (Wildman–Crippen MR) is 210 cm³/mol. The van der Waals surface area contributed by atoms with E-state index in [2.05, 4.69) is 193 Å². The van der Waals surface area contributed by atoms with Gasteiger partial charge >= 0.3 is 0 Å². The fraction of sp³-hybridized carbons (Fsp3) is 0. The lowest BCUT2D eigenvalue weighted by molar-refractivity contribution is 0.669. The molecule has 0 atom stereocenters. The minimum Gasteiger partial charge on any atom is -0.456 e. The van der Waals surface area contributed by atoms with Gasteiger partial charge in [-0.1, -0.05) is 152 Å². The van der Waals surface area contributed by atoms with Crippen molar-refractivity contribution in [2.24, 2.45) is 0 Å². The number of anilines is 3. The van der Waals surface area contributed by atoms with Gasteiger partial charge in [0.15, 0.2) is 0 Å². The lowest BCUT2D eigenvalue weighted by atomic mass is 9.99. The van der Waals surface area contributed by atoms with E-state index >= 15 is 0 Å². The molecule has 0 aliphatic heterocycles. The normalized spacial score (nSPS) is 11.2. The molecule has 0 bridgehead atoms. The van der Waals surface area contributed by atoms with Gasteiger partial charge in [0.1, 0.15) is 11.2 Å². The van der Waals surface area contributed by atoms with E-state index in [1.54, 1.807) is 0 Å². The first-order chi connectivity index (χ1) is 24.8. The quantitative estimate of drug-likeness (QED) is 0.173. The van der Waals surface area contributed by atoms with Gasteiger partial charge < -0.3 is 9.32 Å². The van der Waals surface area contributed by atoms with Crippen molar-refractivity contribution in [2.75, 3.05) is 4.90 Å². The van der Waals surface area contributed by atoms with Crippen LogP contribution in [0.4, 0.5) is 17.1 Å². The molecule has 9 aromatic rings. The summed E-state index contributed by atoms with van der Waals surface area (Å²) in [4.78, 5) is 2.33. The molecule has 0 saturated heterocycles. The number of para-hydroxylation sites is 1. The largest absolute Gasteiger partial charge is 0.456 e. The van der Waals surface area contributed by atoms with Gasteiger partial charge in [0.05, 0.1) is 0 Å². The fourth-order valence-electron chi connectivity index (χ4n) is 6.92. The number of benzene rings is 8. The molecular formula is C48H33NO. The first kappa shape index (κ1) is 29.5. The summed E-state index contributed by atoms with van der Waals surface area (Å²) < 4.78 is 6.37. The standard InChI is InChI=1S/C48H33NO/c1-3-11-34(12-4-1)36-21-25-38(26-22-36)40-15-9-17-42(31-40)49(44-29-30-46-45-19-7-8-20-47(45)50-48(46)33-44)43-18-10-16-41(32-43)39-27-23-37(24-28-39)35-13-5-2-6-14-35/h1-33H. The van der Waals surface area contributed by atoms with Crippen molar-refractivity contribution in [3.8, 4) is 44.5 Å². The summed E-state index contributed by atoms with van der Waals surface area (Å²) in [5.74, 6) is 0.